The predicted molar refractivity (Wildman–Crippen MR) is 90.7 cm³/mol. The first-order valence-electron chi connectivity index (χ1n) is 8.13. The van der Waals surface area contributed by atoms with Crippen molar-refractivity contribution in [3.63, 3.8) is 0 Å². The lowest BCUT2D eigenvalue weighted by Crippen LogP contribution is -2.19. The molecule has 4 nitrogen and oxygen atoms in total. The molecular formula is C19H21N3O. The van der Waals surface area contributed by atoms with E-state index in [4.69, 9.17) is 4.98 Å². The van der Waals surface area contributed by atoms with Gasteiger partial charge in [-0.25, -0.2) is 4.98 Å². The minimum Gasteiger partial charge on any atom is -0.508 e. The number of aromatic nitrogens is 2. The van der Waals surface area contributed by atoms with Gasteiger partial charge in [-0.2, -0.15) is 0 Å². The molecule has 1 aromatic carbocycles. The van der Waals surface area contributed by atoms with E-state index in [0.29, 0.717) is 11.7 Å². The third-order valence-electron chi connectivity index (χ3n) is 4.67. The number of pyridine rings is 1. The van der Waals surface area contributed by atoms with E-state index in [2.05, 4.69) is 40.8 Å². The summed E-state index contributed by atoms with van der Waals surface area (Å²) in [6, 6.07) is 11.8. The Morgan fingerprint density at radius 2 is 1.96 bits per heavy atom. The predicted octanol–water partition coefficient (Wildman–Crippen LogP) is 3.34. The molecule has 4 rings (SSSR count). The third-order valence-corrected chi connectivity index (χ3v) is 4.67. The molecule has 2 aromatic heterocycles. The summed E-state index contributed by atoms with van der Waals surface area (Å²) in [4.78, 5) is 7.18. The van der Waals surface area contributed by atoms with Crippen LogP contribution in [0.5, 0.6) is 5.75 Å². The maximum Gasteiger partial charge on any atom is 0.137 e. The van der Waals surface area contributed by atoms with Crippen molar-refractivity contribution >= 4 is 5.65 Å². The molecule has 0 amide bonds. The topological polar surface area (TPSA) is 40.8 Å². The van der Waals surface area contributed by atoms with Crippen LogP contribution in [0.2, 0.25) is 0 Å². The maximum absolute atomic E-state index is 9.41. The molecule has 118 valence electrons. The van der Waals surface area contributed by atoms with Crippen molar-refractivity contribution < 1.29 is 5.11 Å². The van der Waals surface area contributed by atoms with Crippen molar-refractivity contribution in [1.82, 2.24) is 14.3 Å². The molecule has 1 aliphatic heterocycles. The number of benzene rings is 1. The summed E-state index contributed by atoms with van der Waals surface area (Å²) in [5.41, 5.74) is 4.70. The smallest absolute Gasteiger partial charge is 0.137 e. The highest BCUT2D eigenvalue weighted by molar-refractivity contribution is 5.41. The minimum atomic E-state index is 0.337. The number of phenolic OH excluding ortho intramolecular Hbond substituents is 1. The van der Waals surface area contributed by atoms with E-state index in [1.54, 1.807) is 12.1 Å². The Labute approximate surface area is 136 Å². The lowest BCUT2D eigenvalue weighted by Gasteiger charge is -2.14. The van der Waals surface area contributed by atoms with Crippen LogP contribution < -0.4 is 0 Å². The van der Waals surface area contributed by atoms with Crippen LogP contribution in [0.1, 0.15) is 29.2 Å². The van der Waals surface area contributed by atoms with Crippen molar-refractivity contribution in [1.29, 1.82) is 0 Å². The Morgan fingerprint density at radius 3 is 2.78 bits per heavy atom. The zero-order chi connectivity index (χ0) is 15.8. The highest BCUT2D eigenvalue weighted by atomic mass is 16.3. The average molecular weight is 307 g/mol. The molecule has 1 fully saturated rings. The molecule has 1 saturated heterocycles. The number of aryl methyl sites for hydroxylation is 1. The van der Waals surface area contributed by atoms with Crippen molar-refractivity contribution in [2.45, 2.75) is 25.8 Å². The molecule has 0 radical (unpaired) electrons. The Hall–Kier alpha value is -2.33. The molecule has 0 bridgehead atoms. The quantitative estimate of drug-likeness (QED) is 0.807. The molecule has 1 aliphatic rings. The summed E-state index contributed by atoms with van der Waals surface area (Å²) in [7, 11) is 0. The number of hydrogen-bond acceptors (Lipinski definition) is 3. The van der Waals surface area contributed by atoms with Gasteiger partial charge in [-0.05, 0) is 55.1 Å². The number of hydrogen-bond donors (Lipinski definition) is 1. The van der Waals surface area contributed by atoms with Gasteiger partial charge in [0.05, 0.1) is 5.69 Å². The van der Waals surface area contributed by atoms with Crippen LogP contribution in [0.15, 0.2) is 48.8 Å². The van der Waals surface area contributed by atoms with Gasteiger partial charge in [-0.3, -0.25) is 4.90 Å². The van der Waals surface area contributed by atoms with Crippen LogP contribution in [0.4, 0.5) is 0 Å². The molecule has 0 aliphatic carbocycles. The molecule has 1 N–H and O–H groups in total. The minimum absolute atomic E-state index is 0.337. The second kappa shape index (κ2) is 5.70. The number of nitrogens with zero attached hydrogens (tertiary/aromatic N) is 3. The van der Waals surface area contributed by atoms with Crippen LogP contribution in [-0.2, 0) is 6.54 Å². The highest BCUT2D eigenvalue weighted by Crippen LogP contribution is 2.29. The average Bonchev–Trinajstić information content (AvgIpc) is 3.14. The van der Waals surface area contributed by atoms with Crippen molar-refractivity contribution in [2.24, 2.45) is 0 Å². The number of phenols is 1. The zero-order valence-electron chi connectivity index (χ0n) is 13.3. The van der Waals surface area contributed by atoms with E-state index in [0.717, 1.165) is 37.4 Å². The van der Waals surface area contributed by atoms with E-state index < -0.39 is 0 Å². The fraction of sp³-hybridized carbons (Fsp3) is 0.316. The molecule has 3 heterocycles. The first-order chi connectivity index (χ1) is 11.2. The van der Waals surface area contributed by atoms with E-state index in [-0.39, 0.29) is 0 Å². The molecule has 0 spiro atoms. The first kappa shape index (κ1) is 14.3. The van der Waals surface area contributed by atoms with Crippen LogP contribution in [0.25, 0.3) is 5.65 Å². The fourth-order valence-corrected chi connectivity index (χ4v) is 3.46. The van der Waals surface area contributed by atoms with Crippen LogP contribution in [-0.4, -0.2) is 32.5 Å². The molecule has 4 heteroatoms. The van der Waals surface area contributed by atoms with Gasteiger partial charge in [-0.1, -0.05) is 18.2 Å². The van der Waals surface area contributed by atoms with Gasteiger partial charge >= 0.3 is 0 Å². The maximum atomic E-state index is 9.41. The lowest BCUT2D eigenvalue weighted by molar-refractivity contribution is 0.323. The lowest BCUT2D eigenvalue weighted by atomic mass is 9.98. The van der Waals surface area contributed by atoms with Gasteiger partial charge in [-0.15, -0.1) is 0 Å². The van der Waals surface area contributed by atoms with Gasteiger partial charge in [0.15, 0.2) is 0 Å². The number of aromatic hydroxyl groups is 1. The zero-order valence-corrected chi connectivity index (χ0v) is 13.3. The summed E-state index contributed by atoms with van der Waals surface area (Å²) < 4.78 is 2.11. The number of fused-ring (bicyclic) bond motifs is 1. The van der Waals surface area contributed by atoms with E-state index in [1.165, 1.54) is 11.1 Å². The Kier molecular flexibility index (Phi) is 3.54. The summed E-state index contributed by atoms with van der Waals surface area (Å²) in [5.74, 6) is 0.887. The highest BCUT2D eigenvalue weighted by Gasteiger charge is 2.24. The summed E-state index contributed by atoms with van der Waals surface area (Å²) in [5, 5.41) is 9.41. The summed E-state index contributed by atoms with van der Waals surface area (Å²) in [6.45, 7) is 5.15. The third kappa shape index (κ3) is 2.94. The van der Waals surface area contributed by atoms with Crippen molar-refractivity contribution in [3.8, 4) is 5.75 Å². The van der Waals surface area contributed by atoms with E-state index in [9.17, 15) is 5.11 Å². The van der Waals surface area contributed by atoms with Gasteiger partial charge in [0, 0.05) is 25.5 Å². The molecule has 3 aromatic rings. The number of rotatable bonds is 3. The number of likely N-dealkylation sites (tertiary alicyclic amines) is 1. The van der Waals surface area contributed by atoms with Gasteiger partial charge in [0.1, 0.15) is 11.4 Å². The fourth-order valence-electron chi connectivity index (χ4n) is 3.46. The normalized spacial score (nSPS) is 18.7. The number of imidazole rings is 1. The largest absolute Gasteiger partial charge is 0.508 e. The van der Waals surface area contributed by atoms with Crippen molar-refractivity contribution in [2.75, 3.05) is 13.1 Å². The molecule has 23 heavy (non-hydrogen) atoms. The standard InChI is InChI=1S/C19H21N3O/c1-14-2-7-19-20-17(13-22(19)10-14)12-21-9-8-16(11-21)15-3-5-18(23)6-4-15/h2-7,10,13,16,23H,8-9,11-12H2,1H3. The monoisotopic (exact) mass is 307 g/mol. The first-order valence-corrected chi connectivity index (χ1v) is 8.13. The van der Waals surface area contributed by atoms with Crippen LogP contribution in [0.3, 0.4) is 0 Å². The molecule has 1 atom stereocenters. The Morgan fingerprint density at radius 1 is 1.13 bits per heavy atom. The van der Waals surface area contributed by atoms with Gasteiger partial charge in [0.2, 0.25) is 0 Å². The molecule has 0 saturated carbocycles. The molecular weight excluding hydrogens is 286 g/mol. The van der Waals surface area contributed by atoms with Crippen LogP contribution >= 0.6 is 0 Å². The second-order valence-corrected chi connectivity index (χ2v) is 6.52. The van der Waals surface area contributed by atoms with Crippen molar-refractivity contribution in [3.05, 3.63) is 65.6 Å². The Bertz CT molecular complexity index is 822. The van der Waals surface area contributed by atoms with E-state index >= 15 is 0 Å². The van der Waals surface area contributed by atoms with Gasteiger partial charge < -0.3 is 9.51 Å². The van der Waals surface area contributed by atoms with Crippen LogP contribution in [0, 0.1) is 6.92 Å². The summed E-state index contributed by atoms with van der Waals surface area (Å²) >= 11 is 0. The Balaban J connectivity index is 1.46. The van der Waals surface area contributed by atoms with E-state index in [1.807, 2.05) is 12.1 Å². The van der Waals surface area contributed by atoms with Gasteiger partial charge in [0.25, 0.3) is 0 Å². The molecule has 1 unspecified atom stereocenters. The SMILES string of the molecule is Cc1ccc2nc(CN3CCC(c4ccc(O)cc4)C3)cn2c1. The second-order valence-electron chi connectivity index (χ2n) is 6.52. The summed E-state index contributed by atoms with van der Waals surface area (Å²) in [6.07, 6.45) is 5.42.